The molecule has 2 aromatic heterocycles. The molecule has 0 bridgehead atoms. The topological polar surface area (TPSA) is 68.5 Å². The van der Waals surface area contributed by atoms with Gasteiger partial charge in [-0.25, -0.2) is 4.52 Å². The second kappa shape index (κ2) is 7.82. The third-order valence-corrected chi connectivity index (χ3v) is 5.11. The molecule has 0 unspecified atom stereocenters. The average molecular weight is 392 g/mol. The Balaban J connectivity index is 1.43. The number of aromatic nitrogens is 3. The van der Waals surface area contributed by atoms with Gasteiger partial charge in [0, 0.05) is 10.9 Å². The number of anilines is 1. The predicted octanol–water partition coefficient (Wildman–Crippen LogP) is 4.60. The highest BCUT2D eigenvalue weighted by molar-refractivity contribution is 7.15. The molecule has 0 aliphatic heterocycles. The van der Waals surface area contributed by atoms with Crippen molar-refractivity contribution in [3.05, 3.63) is 65.5 Å². The zero-order chi connectivity index (χ0) is 19.5. The standard InChI is InChI=1S/C21H20N4O2S/c1-14(2)16-9-6-10-17(11-16)27-12-19(26)22-20-23-21-25(24-20)18(13-28-21)15-7-4-3-5-8-15/h3-11,13-14H,12H2,1-2H3,(H,22,24,26). The molecule has 0 aliphatic carbocycles. The van der Waals surface area contributed by atoms with E-state index in [4.69, 9.17) is 4.74 Å². The molecule has 0 atom stereocenters. The van der Waals surface area contributed by atoms with Crippen molar-refractivity contribution in [2.24, 2.45) is 0 Å². The van der Waals surface area contributed by atoms with E-state index in [-0.39, 0.29) is 18.5 Å². The van der Waals surface area contributed by atoms with Crippen LogP contribution in [0.15, 0.2) is 60.0 Å². The van der Waals surface area contributed by atoms with E-state index in [2.05, 4.69) is 29.2 Å². The average Bonchev–Trinajstić information content (AvgIpc) is 3.27. The number of carbonyl (C=O) groups is 1. The summed E-state index contributed by atoms with van der Waals surface area (Å²) in [5.41, 5.74) is 3.16. The highest BCUT2D eigenvalue weighted by Crippen LogP contribution is 2.25. The normalized spacial score (nSPS) is 11.1. The van der Waals surface area contributed by atoms with Crippen molar-refractivity contribution in [2.45, 2.75) is 19.8 Å². The third-order valence-electron chi connectivity index (χ3n) is 4.30. The molecule has 1 amide bonds. The zero-order valence-corrected chi connectivity index (χ0v) is 16.4. The minimum atomic E-state index is -0.297. The van der Waals surface area contributed by atoms with E-state index in [0.717, 1.165) is 16.2 Å². The number of fused-ring (bicyclic) bond motifs is 1. The number of thiazole rings is 1. The SMILES string of the molecule is CC(C)c1cccc(OCC(=O)Nc2nc3scc(-c4ccccc4)n3n2)c1. The van der Waals surface area contributed by atoms with Crippen molar-refractivity contribution < 1.29 is 9.53 Å². The largest absolute Gasteiger partial charge is 0.484 e. The molecule has 7 heteroatoms. The minimum Gasteiger partial charge on any atom is -0.484 e. The highest BCUT2D eigenvalue weighted by Gasteiger charge is 2.13. The second-order valence-electron chi connectivity index (χ2n) is 6.68. The van der Waals surface area contributed by atoms with Crippen LogP contribution in [0.2, 0.25) is 0 Å². The molecule has 6 nitrogen and oxygen atoms in total. The van der Waals surface area contributed by atoms with E-state index in [0.29, 0.717) is 11.7 Å². The number of rotatable bonds is 6. The van der Waals surface area contributed by atoms with Gasteiger partial charge in [0.05, 0.1) is 5.69 Å². The van der Waals surface area contributed by atoms with Gasteiger partial charge in [0.1, 0.15) is 5.75 Å². The molecule has 2 aromatic carbocycles. The molecule has 0 radical (unpaired) electrons. The van der Waals surface area contributed by atoms with Crippen molar-refractivity contribution in [2.75, 3.05) is 11.9 Å². The van der Waals surface area contributed by atoms with Crippen LogP contribution in [0.3, 0.4) is 0 Å². The maximum Gasteiger partial charge on any atom is 0.264 e. The number of hydrogen-bond acceptors (Lipinski definition) is 5. The van der Waals surface area contributed by atoms with Gasteiger partial charge < -0.3 is 4.74 Å². The van der Waals surface area contributed by atoms with Crippen molar-refractivity contribution in [3.63, 3.8) is 0 Å². The smallest absolute Gasteiger partial charge is 0.264 e. The molecule has 1 N–H and O–H groups in total. The Morgan fingerprint density at radius 1 is 1.18 bits per heavy atom. The Hall–Kier alpha value is -3.19. The Morgan fingerprint density at radius 3 is 2.79 bits per heavy atom. The van der Waals surface area contributed by atoms with Crippen molar-refractivity contribution in [1.82, 2.24) is 14.6 Å². The van der Waals surface area contributed by atoms with E-state index < -0.39 is 0 Å². The molecule has 142 valence electrons. The Bertz CT molecular complexity index is 1100. The molecule has 2 heterocycles. The molecule has 4 rings (SSSR count). The molecular weight excluding hydrogens is 372 g/mol. The lowest BCUT2D eigenvalue weighted by molar-refractivity contribution is -0.118. The van der Waals surface area contributed by atoms with Crippen LogP contribution in [-0.4, -0.2) is 27.1 Å². The highest BCUT2D eigenvalue weighted by atomic mass is 32.1. The van der Waals surface area contributed by atoms with Crippen molar-refractivity contribution >= 4 is 28.2 Å². The first kappa shape index (κ1) is 18.2. The van der Waals surface area contributed by atoms with Crippen molar-refractivity contribution in [1.29, 1.82) is 0 Å². The minimum absolute atomic E-state index is 0.0973. The fourth-order valence-electron chi connectivity index (χ4n) is 2.81. The molecule has 4 aromatic rings. The maximum absolute atomic E-state index is 12.2. The predicted molar refractivity (Wildman–Crippen MR) is 111 cm³/mol. The number of carbonyl (C=O) groups excluding carboxylic acids is 1. The molecule has 0 fully saturated rings. The molecular formula is C21H20N4O2S. The van der Waals surface area contributed by atoms with Gasteiger partial charge >= 0.3 is 0 Å². The first-order chi connectivity index (χ1) is 13.6. The van der Waals surface area contributed by atoms with Gasteiger partial charge in [-0.3, -0.25) is 10.1 Å². The van der Waals surface area contributed by atoms with Gasteiger partial charge in [-0.05, 0) is 23.6 Å². The lowest BCUT2D eigenvalue weighted by atomic mass is 10.0. The summed E-state index contributed by atoms with van der Waals surface area (Å²) in [6.07, 6.45) is 0. The molecule has 0 saturated carbocycles. The van der Waals surface area contributed by atoms with Gasteiger partial charge in [-0.1, -0.05) is 56.3 Å². The van der Waals surface area contributed by atoms with Crippen LogP contribution < -0.4 is 10.1 Å². The van der Waals surface area contributed by atoms with E-state index in [1.807, 2.05) is 60.0 Å². The summed E-state index contributed by atoms with van der Waals surface area (Å²) in [5.74, 6) is 1.05. The van der Waals surface area contributed by atoms with Gasteiger partial charge in [-0.15, -0.1) is 16.4 Å². The van der Waals surface area contributed by atoms with Crippen LogP contribution in [0, 0.1) is 0 Å². The number of nitrogens with zero attached hydrogens (tertiary/aromatic N) is 3. The molecule has 28 heavy (non-hydrogen) atoms. The lowest BCUT2D eigenvalue weighted by Crippen LogP contribution is -2.21. The third kappa shape index (κ3) is 3.89. The van der Waals surface area contributed by atoms with E-state index in [1.54, 1.807) is 4.52 Å². The Morgan fingerprint density at radius 2 is 2.00 bits per heavy atom. The van der Waals surface area contributed by atoms with Crippen LogP contribution in [-0.2, 0) is 4.79 Å². The Kier molecular flexibility index (Phi) is 5.08. The number of hydrogen-bond donors (Lipinski definition) is 1. The molecule has 0 aliphatic rings. The maximum atomic E-state index is 12.2. The molecule has 0 spiro atoms. The summed E-state index contributed by atoms with van der Waals surface area (Å²) in [5, 5.41) is 9.11. The van der Waals surface area contributed by atoms with E-state index >= 15 is 0 Å². The monoisotopic (exact) mass is 392 g/mol. The van der Waals surface area contributed by atoms with Crippen LogP contribution >= 0.6 is 11.3 Å². The summed E-state index contributed by atoms with van der Waals surface area (Å²) < 4.78 is 7.35. The second-order valence-corrected chi connectivity index (χ2v) is 7.52. The van der Waals surface area contributed by atoms with Crippen LogP contribution in [0.5, 0.6) is 5.75 Å². The first-order valence-corrected chi connectivity index (χ1v) is 9.90. The summed E-state index contributed by atoms with van der Waals surface area (Å²) in [7, 11) is 0. The van der Waals surface area contributed by atoms with E-state index in [9.17, 15) is 4.79 Å². The number of amides is 1. The van der Waals surface area contributed by atoms with Crippen LogP contribution in [0.1, 0.15) is 25.3 Å². The van der Waals surface area contributed by atoms with Gasteiger partial charge in [0.2, 0.25) is 4.96 Å². The van der Waals surface area contributed by atoms with Gasteiger partial charge in [0.25, 0.3) is 11.9 Å². The summed E-state index contributed by atoms with van der Waals surface area (Å²) >= 11 is 1.48. The van der Waals surface area contributed by atoms with Crippen molar-refractivity contribution in [3.8, 4) is 17.0 Å². The lowest BCUT2D eigenvalue weighted by Gasteiger charge is -2.09. The van der Waals surface area contributed by atoms with Gasteiger partial charge in [0.15, 0.2) is 6.61 Å². The zero-order valence-electron chi connectivity index (χ0n) is 15.6. The number of ether oxygens (including phenoxy) is 1. The van der Waals surface area contributed by atoms with Crippen LogP contribution in [0.25, 0.3) is 16.2 Å². The quantitative estimate of drug-likeness (QED) is 0.521. The first-order valence-electron chi connectivity index (χ1n) is 9.02. The Labute approximate surface area is 166 Å². The van der Waals surface area contributed by atoms with Crippen LogP contribution in [0.4, 0.5) is 5.95 Å². The summed E-state index contributed by atoms with van der Waals surface area (Å²) in [4.78, 5) is 17.3. The summed E-state index contributed by atoms with van der Waals surface area (Å²) in [6, 6.07) is 17.7. The van der Waals surface area contributed by atoms with E-state index in [1.165, 1.54) is 16.9 Å². The van der Waals surface area contributed by atoms with Gasteiger partial charge in [-0.2, -0.15) is 4.98 Å². The fourth-order valence-corrected chi connectivity index (χ4v) is 3.65. The molecule has 0 saturated heterocycles. The fraction of sp³-hybridized carbons (Fsp3) is 0.190. The number of benzene rings is 2. The summed E-state index contributed by atoms with van der Waals surface area (Å²) in [6.45, 7) is 4.14. The number of nitrogens with one attached hydrogen (secondary N) is 1.